The average molecular weight is 262 g/mol. The monoisotopic (exact) mass is 262 g/mol. The van der Waals surface area contributed by atoms with E-state index in [0.717, 1.165) is 25.1 Å². The maximum Gasteiger partial charge on any atom is 0.0787 e. The number of likely N-dealkylation sites (N-methyl/N-ethyl adjacent to an activating group) is 1. The van der Waals surface area contributed by atoms with Crippen LogP contribution in [0.2, 0.25) is 0 Å². The molecule has 3 heteroatoms. The van der Waals surface area contributed by atoms with Gasteiger partial charge in [0.25, 0.3) is 0 Å². The van der Waals surface area contributed by atoms with Gasteiger partial charge in [-0.3, -0.25) is 0 Å². The van der Waals surface area contributed by atoms with Crippen molar-refractivity contribution in [3.8, 4) is 0 Å². The zero-order valence-corrected chi connectivity index (χ0v) is 12.5. The van der Waals surface area contributed by atoms with E-state index in [1.165, 1.54) is 5.69 Å². The van der Waals surface area contributed by atoms with Crippen molar-refractivity contribution >= 4 is 5.69 Å². The van der Waals surface area contributed by atoms with E-state index in [4.69, 9.17) is 0 Å². The molecule has 2 unspecified atom stereocenters. The Balaban J connectivity index is 2.07. The van der Waals surface area contributed by atoms with E-state index < -0.39 is 0 Å². The van der Waals surface area contributed by atoms with Crippen LogP contribution in [0, 0.1) is 5.92 Å². The predicted molar refractivity (Wildman–Crippen MR) is 80.5 cm³/mol. The second-order valence-corrected chi connectivity index (χ2v) is 5.93. The lowest BCUT2D eigenvalue weighted by Crippen LogP contribution is -2.34. The summed E-state index contributed by atoms with van der Waals surface area (Å²) >= 11 is 0. The third kappa shape index (κ3) is 3.10. The van der Waals surface area contributed by atoms with Gasteiger partial charge < -0.3 is 14.9 Å². The maximum absolute atomic E-state index is 9.82. The van der Waals surface area contributed by atoms with E-state index in [1.54, 1.807) is 0 Å². The fourth-order valence-corrected chi connectivity index (χ4v) is 2.98. The van der Waals surface area contributed by atoms with E-state index >= 15 is 0 Å². The molecular weight excluding hydrogens is 236 g/mol. The van der Waals surface area contributed by atoms with E-state index in [0.29, 0.717) is 12.0 Å². The van der Waals surface area contributed by atoms with Crippen molar-refractivity contribution < 1.29 is 5.11 Å². The molecule has 1 aromatic rings. The zero-order valence-electron chi connectivity index (χ0n) is 12.5. The van der Waals surface area contributed by atoms with Gasteiger partial charge in [0.05, 0.1) is 6.10 Å². The molecule has 1 fully saturated rings. The number of benzene rings is 1. The summed E-state index contributed by atoms with van der Waals surface area (Å²) in [4.78, 5) is 4.76. The number of hydrogen-bond acceptors (Lipinski definition) is 3. The Kier molecular flexibility index (Phi) is 4.48. The van der Waals surface area contributed by atoms with Crippen LogP contribution in [-0.4, -0.2) is 43.2 Å². The lowest BCUT2D eigenvalue weighted by Gasteiger charge is -2.23. The summed E-state index contributed by atoms with van der Waals surface area (Å²) in [6.07, 6.45) is 0.434. The van der Waals surface area contributed by atoms with Crippen LogP contribution in [0.15, 0.2) is 24.3 Å². The van der Waals surface area contributed by atoms with Crippen LogP contribution in [-0.2, 0) is 0 Å². The molecular formula is C16H26N2O. The van der Waals surface area contributed by atoms with Crippen molar-refractivity contribution in [1.29, 1.82) is 0 Å². The van der Waals surface area contributed by atoms with Gasteiger partial charge in [0.2, 0.25) is 0 Å². The van der Waals surface area contributed by atoms with E-state index in [-0.39, 0.29) is 6.10 Å². The number of nitrogens with zero attached hydrogens (tertiary/aromatic N) is 2. The van der Waals surface area contributed by atoms with Gasteiger partial charge >= 0.3 is 0 Å². The van der Waals surface area contributed by atoms with Crippen LogP contribution < -0.4 is 4.90 Å². The molecule has 0 aromatic heterocycles. The molecule has 1 aliphatic rings. The number of rotatable bonds is 4. The topological polar surface area (TPSA) is 26.7 Å². The van der Waals surface area contributed by atoms with Crippen molar-refractivity contribution in [3.05, 3.63) is 29.8 Å². The summed E-state index contributed by atoms with van der Waals surface area (Å²) in [5, 5.41) is 9.82. The third-order valence-electron chi connectivity index (χ3n) is 4.27. The summed E-state index contributed by atoms with van der Waals surface area (Å²) in [5.41, 5.74) is 2.28. The second-order valence-electron chi connectivity index (χ2n) is 5.93. The van der Waals surface area contributed by atoms with Gasteiger partial charge in [-0.15, -0.1) is 0 Å². The van der Waals surface area contributed by atoms with Gasteiger partial charge in [-0.2, -0.15) is 0 Å². The summed E-state index contributed by atoms with van der Waals surface area (Å²) in [6.45, 7) is 6.52. The highest BCUT2D eigenvalue weighted by Crippen LogP contribution is 2.27. The molecule has 1 N–H and O–H groups in total. The molecule has 19 heavy (non-hydrogen) atoms. The fourth-order valence-electron chi connectivity index (χ4n) is 2.98. The first-order valence-electron chi connectivity index (χ1n) is 7.22. The normalized spacial score (nSPS) is 25.1. The molecule has 2 rings (SSSR count). The van der Waals surface area contributed by atoms with Crippen molar-refractivity contribution in [1.82, 2.24) is 4.90 Å². The molecule has 0 aliphatic carbocycles. The van der Waals surface area contributed by atoms with Gasteiger partial charge in [-0.05, 0) is 44.1 Å². The maximum atomic E-state index is 9.82. The fraction of sp³-hybridized carbons (Fsp3) is 0.625. The third-order valence-corrected chi connectivity index (χ3v) is 4.27. The summed E-state index contributed by atoms with van der Waals surface area (Å²) in [7, 11) is 4.32. The smallest absolute Gasteiger partial charge is 0.0787 e. The molecule has 0 spiro atoms. The number of aliphatic hydroxyl groups is 1. The minimum atomic E-state index is -0.332. The molecule has 1 heterocycles. The van der Waals surface area contributed by atoms with E-state index in [9.17, 15) is 5.11 Å². The number of aliphatic hydroxyl groups excluding tert-OH is 1. The van der Waals surface area contributed by atoms with Crippen LogP contribution in [0.5, 0.6) is 0 Å². The Morgan fingerprint density at radius 3 is 2.37 bits per heavy atom. The molecule has 0 bridgehead atoms. The molecule has 1 aliphatic heterocycles. The lowest BCUT2D eigenvalue weighted by atomic mass is 10.1. The van der Waals surface area contributed by atoms with Gasteiger partial charge in [0, 0.05) is 24.8 Å². The minimum Gasteiger partial charge on any atom is -0.388 e. The summed E-state index contributed by atoms with van der Waals surface area (Å²) < 4.78 is 0. The molecule has 0 saturated carbocycles. The molecule has 106 valence electrons. The molecule has 3 atom stereocenters. The first-order valence-corrected chi connectivity index (χ1v) is 7.22. The van der Waals surface area contributed by atoms with E-state index in [1.807, 2.05) is 6.92 Å². The minimum absolute atomic E-state index is 0.332. The van der Waals surface area contributed by atoms with Gasteiger partial charge in [-0.25, -0.2) is 0 Å². The van der Waals surface area contributed by atoms with Gasteiger partial charge in [0.15, 0.2) is 0 Å². The quantitative estimate of drug-likeness (QED) is 0.903. The Morgan fingerprint density at radius 2 is 1.89 bits per heavy atom. The van der Waals surface area contributed by atoms with Crippen LogP contribution in [0.3, 0.4) is 0 Å². The largest absolute Gasteiger partial charge is 0.388 e. The molecule has 0 amide bonds. The first kappa shape index (κ1) is 14.4. The summed E-state index contributed by atoms with van der Waals surface area (Å²) in [5.74, 6) is 0.691. The average Bonchev–Trinajstić information content (AvgIpc) is 2.80. The Hall–Kier alpha value is -1.06. The standard InChI is InChI=1S/C16H26N2O/c1-5-16(19)13-6-8-14(9-7-13)18-10-12(2)15(11-18)17(3)4/h6-9,12,15-16,19H,5,10-11H2,1-4H3/t12?,15?,16-/m1/s1. The lowest BCUT2D eigenvalue weighted by molar-refractivity contribution is 0.173. The van der Waals surface area contributed by atoms with Crippen molar-refractivity contribution in [2.24, 2.45) is 5.92 Å². The Bertz CT molecular complexity index is 402. The van der Waals surface area contributed by atoms with Crippen molar-refractivity contribution in [3.63, 3.8) is 0 Å². The zero-order chi connectivity index (χ0) is 14.0. The van der Waals surface area contributed by atoms with Crippen molar-refractivity contribution in [2.75, 3.05) is 32.1 Å². The Morgan fingerprint density at radius 1 is 1.26 bits per heavy atom. The van der Waals surface area contributed by atoms with Gasteiger partial charge in [-0.1, -0.05) is 26.0 Å². The van der Waals surface area contributed by atoms with E-state index in [2.05, 4.69) is 55.1 Å². The van der Waals surface area contributed by atoms with Crippen LogP contribution in [0.1, 0.15) is 31.9 Å². The highest BCUT2D eigenvalue weighted by atomic mass is 16.3. The first-order chi connectivity index (χ1) is 9.02. The second kappa shape index (κ2) is 5.93. The molecule has 1 aromatic carbocycles. The van der Waals surface area contributed by atoms with Gasteiger partial charge in [0.1, 0.15) is 0 Å². The number of anilines is 1. The summed E-state index contributed by atoms with van der Waals surface area (Å²) in [6, 6.07) is 9.01. The molecule has 0 radical (unpaired) electrons. The SMILES string of the molecule is CC[C@@H](O)c1ccc(N2CC(C)C(N(C)C)C2)cc1. The van der Waals surface area contributed by atoms with Crippen LogP contribution in [0.4, 0.5) is 5.69 Å². The van der Waals surface area contributed by atoms with Crippen molar-refractivity contribution in [2.45, 2.75) is 32.4 Å². The highest BCUT2D eigenvalue weighted by Gasteiger charge is 2.30. The molecule has 3 nitrogen and oxygen atoms in total. The van der Waals surface area contributed by atoms with Crippen LogP contribution in [0.25, 0.3) is 0 Å². The highest BCUT2D eigenvalue weighted by molar-refractivity contribution is 5.49. The molecule has 1 saturated heterocycles. The Labute approximate surface area is 116 Å². The number of hydrogen-bond donors (Lipinski definition) is 1. The predicted octanol–water partition coefficient (Wildman–Crippen LogP) is 2.52. The van der Waals surface area contributed by atoms with Crippen LogP contribution >= 0.6 is 0 Å².